The second kappa shape index (κ2) is 9.43. The minimum absolute atomic E-state index is 0.152. The van der Waals surface area contributed by atoms with Crippen LogP contribution in [0.1, 0.15) is 42.1 Å². The van der Waals surface area contributed by atoms with Crippen LogP contribution < -0.4 is 0 Å². The van der Waals surface area contributed by atoms with Crippen LogP contribution in [0.25, 0.3) is 0 Å². The number of benzene rings is 2. The Balaban J connectivity index is 1.69. The maximum atomic E-state index is 12.6. The molecule has 5 nitrogen and oxygen atoms in total. The molecule has 144 valence electrons. The highest BCUT2D eigenvalue weighted by Crippen LogP contribution is 2.32. The van der Waals surface area contributed by atoms with Gasteiger partial charge in [-0.05, 0) is 50.5 Å². The Labute approximate surface area is 169 Å². The highest BCUT2D eigenvalue weighted by Gasteiger charge is 2.24. The van der Waals surface area contributed by atoms with Gasteiger partial charge >= 0.3 is 5.97 Å². The number of carbonyl (C=O) groups is 2. The summed E-state index contributed by atoms with van der Waals surface area (Å²) in [7, 11) is 0. The molecule has 1 amide bonds. The molecule has 3 rings (SSSR count). The predicted octanol–water partition coefficient (Wildman–Crippen LogP) is 4.27. The van der Waals surface area contributed by atoms with Crippen LogP contribution >= 0.6 is 11.8 Å². The Morgan fingerprint density at radius 2 is 1.86 bits per heavy atom. The molecule has 1 aliphatic rings. The minimum Gasteiger partial charge on any atom is -0.452 e. The van der Waals surface area contributed by atoms with Crippen molar-refractivity contribution in [1.29, 1.82) is 5.26 Å². The van der Waals surface area contributed by atoms with Crippen LogP contribution in [0.15, 0.2) is 58.3 Å². The quantitative estimate of drug-likeness (QED) is 0.709. The van der Waals surface area contributed by atoms with Gasteiger partial charge in [0.2, 0.25) is 0 Å². The summed E-state index contributed by atoms with van der Waals surface area (Å²) in [6, 6.07) is 16.6. The van der Waals surface area contributed by atoms with E-state index in [0.717, 1.165) is 30.7 Å². The van der Waals surface area contributed by atoms with E-state index in [1.165, 1.54) is 11.8 Å². The average Bonchev–Trinajstić information content (AvgIpc) is 2.73. The smallest absolute Gasteiger partial charge is 0.339 e. The number of nitrogens with zero attached hydrogens (tertiary/aromatic N) is 2. The van der Waals surface area contributed by atoms with Crippen molar-refractivity contribution in [2.45, 2.75) is 42.0 Å². The van der Waals surface area contributed by atoms with Crippen LogP contribution in [0.5, 0.6) is 0 Å². The van der Waals surface area contributed by atoms with Crippen molar-refractivity contribution in [3.8, 4) is 6.07 Å². The Morgan fingerprint density at radius 1 is 1.14 bits per heavy atom. The molecule has 6 heteroatoms. The maximum absolute atomic E-state index is 12.6. The molecule has 0 bridgehead atoms. The van der Waals surface area contributed by atoms with E-state index in [0.29, 0.717) is 16.0 Å². The molecule has 0 N–H and O–H groups in total. The average molecular weight is 394 g/mol. The lowest BCUT2D eigenvalue weighted by atomic mass is 10.0. The van der Waals surface area contributed by atoms with Crippen molar-refractivity contribution < 1.29 is 14.3 Å². The van der Waals surface area contributed by atoms with Crippen molar-refractivity contribution in [3.05, 3.63) is 59.7 Å². The van der Waals surface area contributed by atoms with Crippen molar-refractivity contribution in [1.82, 2.24) is 4.90 Å². The van der Waals surface area contributed by atoms with Crippen LogP contribution in [0.4, 0.5) is 0 Å². The number of esters is 1. The molecule has 1 saturated heterocycles. The van der Waals surface area contributed by atoms with Gasteiger partial charge in [0.05, 0.1) is 11.1 Å². The SMILES string of the molecule is C[C@@H]1CCCCN1C(=O)COC(=O)c1ccccc1Sc1ccccc1C#N. The fourth-order valence-electron chi connectivity index (χ4n) is 3.25. The Morgan fingerprint density at radius 3 is 2.61 bits per heavy atom. The molecular formula is C22H22N2O3S. The van der Waals surface area contributed by atoms with Crippen molar-refractivity contribution >= 4 is 23.6 Å². The topological polar surface area (TPSA) is 70.4 Å². The van der Waals surface area contributed by atoms with E-state index in [4.69, 9.17) is 4.74 Å². The van der Waals surface area contributed by atoms with Crippen molar-refractivity contribution in [2.24, 2.45) is 0 Å². The second-order valence-corrected chi connectivity index (χ2v) is 7.80. The lowest BCUT2D eigenvalue weighted by molar-refractivity contribution is -0.137. The number of piperidine rings is 1. The minimum atomic E-state index is -0.532. The molecule has 0 aliphatic carbocycles. The Bertz CT molecular complexity index is 907. The number of hydrogen-bond acceptors (Lipinski definition) is 5. The molecule has 0 spiro atoms. The van der Waals surface area contributed by atoms with Gasteiger partial charge in [-0.25, -0.2) is 4.79 Å². The number of ether oxygens (including phenoxy) is 1. The van der Waals surface area contributed by atoms with Gasteiger partial charge in [0.1, 0.15) is 6.07 Å². The third-order valence-corrected chi connectivity index (χ3v) is 5.94. The lowest BCUT2D eigenvalue weighted by Crippen LogP contribution is -2.44. The zero-order valence-corrected chi connectivity index (χ0v) is 16.6. The number of carbonyl (C=O) groups excluding carboxylic acids is 2. The van der Waals surface area contributed by atoms with E-state index < -0.39 is 5.97 Å². The number of nitriles is 1. The summed E-state index contributed by atoms with van der Waals surface area (Å²) < 4.78 is 5.32. The fraction of sp³-hybridized carbons (Fsp3) is 0.318. The fourth-order valence-corrected chi connectivity index (χ4v) is 4.26. The first kappa shape index (κ1) is 20.0. The molecule has 1 atom stereocenters. The summed E-state index contributed by atoms with van der Waals surface area (Å²) in [6.45, 7) is 2.49. The van der Waals surface area contributed by atoms with Gasteiger partial charge in [-0.2, -0.15) is 5.26 Å². The molecule has 0 unspecified atom stereocenters. The molecule has 2 aromatic carbocycles. The van der Waals surface area contributed by atoms with Crippen LogP contribution in [-0.2, 0) is 9.53 Å². The number of hydrogen-bond donors (Lipinski definition) is 0. The predicted molar refractivity (Wildman–Crippen MR) is 107 cm³/mol. The van der Waals surface area contributed by atoms with E-state index >= 15 is 0 Å². The van der Waals surface area contributed by atoms with E-state index in [1.54, 1.807) is 29.2 Å². The second-order valence-electron chi connectivity index (χ2n) is 6.71. The first-order chi connectivity index (χ1) is 13.6. The normalized spacial score (nSPS) is 16.3. The number of rotatable bonds is 5. The first-order valence-electron chi connectivity index (χ1n) is 9.32. The largest absolute Gasteiger partial charge is 0.452 e. The van der Waals surface area contributed by atoms with Crippen molar-refractivity contribution in [2.75, 3.05) is 13.2 Å². The van der Waals surface area contributed by atoms with Gasteiger partial charge in [0, 0.05) is 22.4 Å². The zero-order valence-electron chi connectivity index (χ0n) is 15.8. The van der Waals surface area contributed by atoms with Gasteiger partial charge in [-0.15, -0.1) is 0 Å². The summed E-state index contributed by atoms with van der Waals surface area (Å²) in [5.74, 6) is -0.684. The monoisotopic (exact) mass is 394 g/mol. The van der Waals surface area contributed by atoms with Gasteiger partial charge in [0.25, 0.3) is 5.91 Å². The zero-order chi connectivity index (χ0) is 19.9. The van der Waals surface area contributed by atoms with E-state index in [2.05, 4.69) is 6.07 Å². The lowest BCUT2D eigenvalue weighted by Gasteiger charge is -2.33. The van der Waals surface area contributed by atoms with Gasteiger partial charge < -0.3 is 9.64 Å². The standard InChI is InChI=1S/C22H22N2O3S/c1-16-8-6-7-13-24(16)21(25)15-27-22(26)18-10-3-5-12-20(18)28-19-11-4-2-9-17(19)14-23/h2-5,9-12,16H,6-8,13,15H2,1H3/t16-/m1/s1. The Hall–Kier alpha value is -2.78. The van der Waals surface area contributed by atoms with E-state index in [1.807, 2.05) is 31.2 Å². The number of amides is 1. The van der Waals surface area contributed by atoms with Crippen LogP contribution in [0, 0.1) is 11.3 Å². The summed E-state index contributed by atoms with van der Waals surface area (Å²) in [4.78, 5) is 28.3. The van der Waals surface area contributed by atoms with Crippen molar-refractivity contribution in [3.63, 3.8) is 0 Å². The summed E-state index contributed by atoms with van der Waals surface area (Å²) in [5.41, 5.74) is 0.935. The van der Waals surface area contributed by atoms with Gasteiger partial charge in [-0.1, -0.05) is 36.0 Å². The summed E-state index contributed by atoms with van der Waals surface area (Å²) in [6.07, 6.45) is 3.10. The first-order valence-corrected chi connectivity index (χ1v) is 10.1. The highest BCUT2D eigenvalue weighted by molar-refractivity contribution is 7.99. The molecule has 0 saturated carbocycles. The summed E-state index contributed by atoms with van der Waals surface area (Å²) in [5, 5.41) is 9.27. The molecule has 0 radical (unpaired) electrons. The van der Waals surface area contributed by atoms with Gasteiger partial charge in [0.15, 0.2) is 6.61 Å². The van der Waals surface area contributed by atoms with Gasteiger partial charge in [-0.3, -0.25) is 4.79 Å². The highest BCUT2D eigenvalue weighted by atomic mass is 32.2. The van der Waals surface area contributed by atoms with E-state index in [9.17, 15) is 14.9 Å². The molecule has 0 aromatic heterocycles. The van der Waals surface area contributed by atoms with Crippen LogP contribution in [0.3, 0.4) is 0 Å². The summed E-state index contributed by atoms with van der Waals surface area (Å²) >= 11 is 1.34. The maximum Gasteiger partial charge on any atom is 0.339 e. The molecule has 1 heterocycles. The van der Waals surface area contributed by atoms with Crippen LogP contribution in [0.2, 0.25) is 0 Å². The molecule has 28 heavy (non-hydrogen) atoms. The third kappa shape index (κ3) is 4.73. The number of likely N-dealkylation sites (tertiary alicyclic amines) is 1. The molecule has 1 aliphatic heterocycles. The molecule has 2 aromatic rings. The Kier molecular flexibility index (Phi) is 6.72. The molecule has 1 fully saturated rings. The van der Waals surface area contributed by atoms with Crippen LogP contribution in [-0.4, -0.2) is 36.0 Å². The molecular weight excluding hydrogens is 372 g/mol. The third-order valence-electron chi connectivity index (χ3n) is 4.78. The van der Waals surface area contributed by atoms with E-state index in [-0.39, 0.29) is 18.6 Å².